The van der Waals surface area contributed by atoms with Crippen LogP contribution >= 0.6 is 23.4 Å². The molecule has 30 heavy (non-hydrogen) atoms. The number of anilines is 1. The maximum atomic E-state index is 15.1. The Kier molecular flexibility index (Phi) is 5.09. The van der Waals surface area contributed by atoms with E-state index in [1.165, 1.54) is 36.5 Å². The topological polar surface area (TPSA) is 130 Å². The average Bonchev–Trinajstić information content (AvgIpc) is 2.67. The zero-order valence-electron chi connectivity index (χ0n) is 15.1. The van der Waals surface area contributed by atoms with Crippen LogP contribution in [0, 0.1) is 0 Å². The number of aliphatic imine (C=N–C) groups is 1. The maximum Gasteiger partial charge on any atom is 0.337 e. The van der Waals surface area contributed by atoms with Crippen LogP contribution in [0.1, 0.15) is 22.5 Å². The highest BCUT2D eigenvalue weighted by molar-refractivity contribution is 7.99. The fraction of sp³-hybridized carbons (Fsp3) is 0.278. The molecule has 12 heteroatoms. The molecular formula is C18H15ClF2N4O4S. The molecule has 2 aliphatic heterocycles. The van der Waals surface area contributed by atoms with Crippen molar-refractivity contribution < 1.29 is 28.5 Å². The van der Waals surface area contributed by atoms with E-state index < -0.39 is 41.5 Å². The molecule has 1 spiro atoms. The average molecular weight is 457 g/mol. The van der Waals surface area contributed by atoms with Crippen molar-refractivity contribution in [1.29, 1.82) is 0 Å². The van der Waals surface area contributed by atoms with E-state index in [-0.39, 0.29) is 16.9 Å². The highest BCUT2D eigenvalue weighted by Gasteiger charge is 2.66. The fourth-order valence-corrected chi connectivity index (χ4v) is 4.62. The number of hydrogen-bond acceptors (Lipinski definition) is 8. The van der Waals surface area contributed by atoms with Gasteiger partial charge >= 0.3 is 5.92 Å². The zero-order valence-corrected chi connectivity index (χ0v) is 16.6. The molecule has 1 aromatic heterocycles. The molecule has 8 nitrogen and oxygen atoms in total. The number of nitrogens with two attached hydrogens (primary N) is 1. The Morgan fingerprint density at radius 3 is 2.80 bits per heavy atom. The Labute approximate surface area is 178 Å². The molecule has 3 heterocycles. The van der Waals surface area contributed by atoms with Crippen molar-refractivity contribution in [2.75, 3.05) is 5.32 Å². The van der Waals surface area contributed by atoms with E-state index in [4.69, 9.17) is 17.3 Å². The van der Waals surface area contributed by atoms with Crippen molar-refractivity contribution in [1.82, 2.24) is 4.98 Å². The summed E-state index contributed by atoms with van der Waals surface area (Å²) in [7, 11) is 0. The number of alkyl halides is 2. The second kappa shape index (κ2) is 7.34. The lowest BCUT2D eigenvalue weighted by Crippen LogP contribution is -2.59. The van der Waals surface area contributed by atoms with E-state index in [9.17, 15) is 15.0 Å². The number of nitrogens with zero attached hydrogens (tertiary/aromatic N) is 2. The lowest BCUT2D eigenvalue weighted by atomic mass is 9.79. The molecule has 0 fully saturated rings. The Bertz CT molecular complexity index is 1040. The van der Waals surface area contributed by atoms with Crippen LogP contribution in [0.5, 0.6) is 0 Å². The van der Waals surface area contributed by atoms with E-state index in [1.54, 1.807) is 0 Å². The molecule has 0 aliphatic carbocycles. The van der Waals surface area contributed by atoms with Gasteiger partial charge in [0, 0.05) is 28.8 Å². The highest BCUT2D eigenvalue weighted by atomic mass is 35.5. The van der Waals surface area contributed by atoms with E-state index in [2.05, 4.69) is 20.0 Å². The number of amidine groups is 1. The first-order valence-corrected chi connectivity index (χ1v) is 9.88. The fourth-order valence-electron chi connectivity index (χ4n) is 3.39. The van der Waals surface area contributed by atoms with E-state index in [0.29, 0.717) is 9.92 Å². The van der Waals surface area contributed by atoms with Gasteiger partial charge in [-0.1, -0.05) is 23.4 Å². The number of nitrogens with one attached hydrogen (secondary N) is 1. The molecule has 0 bridgehead atoms. The number of benzene rings is 1. The number of aliphatic hydroxyl groups is 2. The van der Waals surface area contributed by atoms with E-state index in [1.807, 2.05) is 0 Å². The predicted molar refractivity (Wildman–Crippen MR) is 105 cm³/mol. The van der Waals surface area contributed by atoms with Crippen LogP contribution in [0.15, 0.2) is 46.4 Å². The first-order chi connectivity index (χ1) is 14.1. The number of ether oxygens (including phenoxy) is 1. The number of rotatable bonds is 2. The number of hydrogen-bond donors (Lipinski definition) is 4. The first-order valence-electron chi connectivity index (χ1n) is 8.62. The van der Waals surface area contributed by atoms with Gasteiger partial charge in [-0.25, -0.2) is 9.98 Å². The van der Waals surface area contributed by atoms with Gasteiger partial charge in [0.15, 0.2) is 5.54 Å². The second-order valence-electron chi connectivity index (χ2n) is 6.71. The summed E-state index contributed by atoms with van der Waals surface area (Å²) >= 11 is 6.72. The van der Waals surface area contributed by atoms with Crippen LogP contribution in [0.2, 0.25) is 5.02 Å². The summed E-state index contributed by atoms with van der Waals surface area (Å²) in [6.45, 7) is 0. The van der Waals surface area contributed by atoms with E-state index >= 15 is 8.78 Å². The van der Waals surface area contributed by atoms with Crippen molar-refractivity contribution in [3.05, 3.63) is 52.8 Å². The number of fused-ring (bicyclic) bond motifs is 2. The van der Waals surface area contributed by atoms with Gasteiger partial charge in [-0.15, -0.1) is 0 Å². The van der Waals surface area contributed by atoms with Crippen molar-refractivity contribution in [2.24, 2.45) is 10.7 Å². The number of aliphatic hydroxyl groups excluding tert-OH is 2. The molecule has 158 valence electrons. The standard InChI is InChI=1S/C18H15ClF2N4O4S/c19-8-1-3-11(23-7-8)14(27)24-9-2-4-12-10(5-9)17(6-13(26)30-12)18(20,21)15(28)29-16(22)25-17/h1-5,7,13,15,26,28H,6H2,(H2,22,25)(H,24,27)/t13-,15?,17-/m1/s1. The number of carbonyl (C=O) groups is 1. The van der Waals surface area contributed by atoms with Crippen LogP contribution in [0.4, 0.5) is 14.5 Å². The Balaban J connectivity index is 1.76. The lowest BCUT2D eigenvalue weighted by Gasteiger charge is -2.46. The number of thioether (sulfide) groups is 1. The molecule has 0 saturated heterocycles. The maximum absolute atomic E-state index is 15.1. The normalized spacial score (nSPS) is 27.0. The number of pyridine rings is 1. The summed E-state index contributed by atoms with van der Waals surface area (Å²) in [4.78, 5) is 20.4. The number of aromatic nitrogens is 1. The molecular weight excluding hydrogens is 442 g/mol. The minimum absolute atomic E-state index is 0.00466. The summed E-state index contributed by atoms with van der Waals surface area (Å²) < 4.78 is 34.7. The summed E-state index contributed by atoms with van der Waals surface area (Å²) in [5, 5.41) is 22.9. The van der Waals surface area contributed by atoms with Gasteiger partial charge in [-0.2, -0.15) is 8.78 Å². The summed E-state index contributed by atoms with van der Waals surface area (Å²) in [5.41, 5.74) is 2.20. The third-order valence-electron chi connectivity index (χ3n) is 4.77. The number of amides is 1. The molecule has 3 atom stereocenters. The van der Waals surface area contributed by atoms with Gasteiger partial charge in [0.1, 0.15) is 11.1 Å². The lowest BCUT2D eigenvalue weighted by molar-refractivity contribution is -0.250. The molecule has 0 radical (unpaired) electrons. The van der Waals surface area contributed by atoms with Crippen molar-refractivity contribution in [3.63, 3.8) is 0 Å². The molecule has 5 N–H and O–H groups in total. The molecule has 2 aliphatic rings. The second-order valence-corrected chi connectivity index (χ2v) is 8.36. The van der Waals surface area contributed by atoms with Crippen LogP contribution < -0.4 is 11.1 Å². The quantitative estimate of drug-likeness (QED) is 0.545. The van der Waals surface area contributed by atoms with Crippen LogP contribution in [-0.2, 0) is 10.3 Å². The summed E-state index contributed by atoms with van der Waals surface area (Å²) in [6, 6.07) is 6.55. The van der Waals surface area contributed by atoms with Gasteiger partial charge in [0.25, 0.3) is 18.2 Å². The molecule has 1 unspecified atom stereocenters. The number of carbonyl (C=O) groups excluding carboxylic acids is 1. The molecule has 2 aromatic rings. The monoisotopic (exact) mass is 456 g/mol. The minimum atomic E-state index is -3.90. The van der Waals surface area contributed by atoms with Crippen molar-refractivity contribution in [2.45, 2.75) is 34.5 Å². The predicted octanol–water partition coefficient (Wildman–Crippen LogP) is 2.30. The molecule has 1 amide bonds. The third-order valence-corrected chi connectivity index (χ3v) is 6.04. The van der Waals surface area contributed by atoms with Crippen molar-refractivity contribution in [3.8, 4) is 0 Å². The molecule has 1 aromatic carbocycles. The third kappa shape index (κ3) is 3.37. The van der Waals surface area contributed by atoms with Crippen molar-refractivity contribution >= 4 is 41.0 Å². The van der Waals surface area contributed by atoms with Crippen LogP contribution in [0.25, 0.3) is 0 Å². The van der Waals surface area contributed by atoms with E-state index in [0.717, 1.165) is 11.8 Å². The summed E-state index contributed by atoms with van der Waals surface area (Å²) in [6.07, 6.45) is -1.76. The SMILES string of the molecule is NC1=N[C@@]2(C[C@H](O)Sc3ccc(NC(=O)c4ccc(Cl)cn4)cc32)C(F)(F)C(O)O1. The van der Waals surface area contributed by atoms with Gasteiger partial charge in [-0.3, -0.25) is 4.79 Å². The smallest absolute Gasteiger partial charge is 0.337 e. The Morgan fingerprint density at radius 1 is 1.33 bits per heavy atom. The van der Waals surface area contributed by atoms with Gasteiger partial charge < -0.3 is 26.0 Å². The zero-order chi connectivity index (χ0) is 21.7. The molecule has 0 saturated carbocycles. The number of halogens is 3. The highest BCUT2D eigenvalue weighted by Crippen LogP contribution is 2.56. The van der Waals surface area contributed by atoms with Gasteiger partial charge in [-0.05, 0) is 30.3 Å². The molecule has 4 rings (SSSR count). The van der Waals surface area contributed by atoms with Crippen LogP contribution in [-0.4, -0.2) is 44.8 Å². The largest absolute Gasteiger partial charge is 0.429 e. The van der Waals surface area contributed by atoms with Gasteiger partial charge in [0.2, 0.25) is 0 Å². The first kappa shape index (κ1) is 20.8. The Morgan fingerprint density at radius 2 is 2.10 bits per heavy atom. The van der Waals surface area contributed by atoms with Gasteiger partial charge in [0.05, 0.1) is 5.02 Å². The Hall–Kier alpha value is -2.47. The minimum Gasteiger partial charge on any atom is -0.429 e. The van der Waals surface area contributed by atoms with Crippen LogP contribution in [0.3, 0.4) is 0 Å². The summed E-state index contributed by atoms with van der Waals surface area (Å²) in [5.74, 6) is -4.47.